The van der Waals surface area contributed by atoms with Crippen LogP contribution < -0.4 is 21.3 Å². The van der Waals surface area contributed by atoms with Gasteiger partial charge in [-0.25, -0.2) is 14.6 Å². The first-order valence-electron chi connectivity index (χ1n) is 5.70. The van der Waals surface area contributed by atoms with Crippen molar-refractivity contribution in [3.63, 3.8) is 0 Å². The highest BCUT2D eigenvalue weighted by Gasteiger charge is 2.12. The number of nitrogen functional groups attached to an aromatic ring is 1. The summed E-state index contributed by atoms with van der Waals surface area (Å²) in [6.07, 6.45) is 0. The van der Waals surface area contributed by atoms with Crippen LogP contribution in [0.2, 0.25) is 0 Å². The molecular weight excluding hydrogens is 270 g/mol. The minimum atomic E-state index is -0.773. The van der Waals surface area contributed by atoms with Gasteiger partial charge in [-0.1, -0.05) is 6.07 Å². The van der Waals surface area contributed by atoms with E-state index >= 15 is 0 Å². The average molecular weight is 282 g/mol. The molecule has 0 amide bonds. The number of para-hydroxylation sites is 1. The molecule has 0 fully saturated rings. The molecule has 0 aliphatic rings. The Morgan fingerprint density at radius 3 is 2.40 bits per heavy atom. The van der Waals surface area contributed by atoms with Crippen molar-refractivity contribution < 1.29 is 13.5 Å². The second-order valence-electron chi connectivity index (χ2n) is 3.56. The van der Waals surface area contributed by atoms with Gasteiger partial charge >= 0.3 is 6.01 Å². The maximum atomic E-state index is 13.5. The first kappa shape index (κ1) is 13.9. The molecule has 9 heteroatoms. The Kier molecular flexibility index (Phi) is 4.20. The molecule has 106 valence electrons. The third-order valence-electron chi connectivity index (χ3n) is 2.22. The van der Waals surface area contributed by atoms with Crippen LogP contribution in [0, 0.1) is 11.6 Å². The van der Waals surface area contributed by atoms with E-state index < -0.39 is 11.6 Å². The predicted molar refractivity (Wildman–Crippen MR) is 68.4 cm³/mol. The molecule has 0 aliphatic heterocycles. The summed E-state index contributed by atoms with van der Waals surface area (Å²) in [5.41, 5.74) is 1.84. The molecule has 1 aromatic heterocycles. The van der Waals surface area contributed by atoms with Gasteiger partial charge in [-0.15, -0.1) is 0 Å². The zero-order valence-corrected chi connectivity index (χ0v) is 10.5. The molecule has 2 rings (SSSR count). The normalized spacial score (nSPS) is 10.2. The molecule has 0 unspecified atom stereocenters. The van der Waals surface area contributed by atoms with E-state index in [4.69, 9.17) is 10.6 Å². The molecular formula is C11H12F2N6O. The van der Waals surface area contributed by atoms with Crippen LogP contribution in [0.25, 0.3) is 0 Å². The molecule has 2 aromatic rings. The second-order valence-corrected chi connectivity index (χ2v) is 3.56. The largest absolute Gasteiger partial charge is 0.464 e. The lowest BCUT2D eigenvalue weighted by Gasteiger charge is -2.09. The quantitative estimate of drug-likeness (QED) is 0.565. The van der Waals surface area contributed by atoms with Crippen molar-refractivity contribution >= 4 is 17.6 Å². The van der Waals surface area contributed by atoms with Crippen molar-refractivity contribution in [2.24, 2.45) is 5.84 Å². The Labute approximate surface area is 113 Å². The lowest BCUT2D eigenvalue weighted by molar-refractivity contribution is 0.312. The van der Waals surface area contributed by atoms with E-state index in [0.29, 0.717) is 6.61 Å². The van der Waals surface area contributed by atoms with E-state index in [1.54, 1.807) is 6.92 Å². The van der Waals surface area contributed by atoms with Crippen LogP contribution in [-0.4, -0.2) is 21.6 Å². The third kappa shape index (κ3) is 3.06. The van der Waals surface area contributed by atoms with Crippen LogP contribution in [0.4, 0.5) is 26.4 Å². The Morgan fingerprint density at radius 1 is 1.15 bits per heavy atom. The summed E-state index contributed by atoms with van der Waals surface area (Å²) >= 11 is 0. The number of nitrogens with two attached hydrogens (primary N) is 1. The van der Waals surface area contributed by atoms with Crippen LogP contribution in [0.5, 0.6) is 6.01 Å². The Hall–Kier alpha value is -2.55. The number of nitrogens with zero attached hydrogens (tertiary/aromatic N) is 3. The van der Waals surface area contributed by atoms with E-state index in [-0.39, 0.29) is 23.6 Å². The molecule has 0 bridgehead atoms. The molecule has 4 N–H and O–H groups in total. The fourth-order valence-electron chi connectivity index (χ4n) is 1.40. The van der Waals surface area contributed by atoms with Crippen LogP contribution in [0.3, 0.4) is 0 Å². The number of rotatable bonds is 5. The molecule has 0 saturated carbocycles. The minimum Gasteiger partial charge on any atom is -0.464 e. The zero-order valence-electron chi connectivity index (χ0n) is 10.5. The zero-order chi connectivity index (χ0) is 14.5. The number of nitrogens with one attached hydrogen (secondary N) is 2. The van der Waals surface area contributed by atoms with E-state index in [9.17, 15) is 8.78 Å². The maximum absolute atomic E-state index is 13.5. The van der Waals surface area contributed by atoms with Gasteiger partial charge < -0.3 is 10.1 Å². The highest BCUT2D eigenvalue weighted by Crippen LogP contribution is 2.22. The molecule has 0 aliphatic carbocycles. The van der Waals surface area contributed by atoms with Gasteiger partial charge in [0.25, 0.3) is 0 Å². The molecule has 0 spiro atoms. The van der Waals surface area contributed by atoms with Crippen molar-refractivity contribution in [2.45, 2.75) is 6.92 Å². The van der Waals surface area contributed by atoms with E-state index in [0.717, 1.165) is 12.1 Å². The Bertz CT molecular complexity index is 589. The van der Waals surface area contributed by atoms with Crippen molar-refractivity contribution in [1.29, 1.82) is 0 Å². The van der Waals surface area contributed by atoms with Crippen LogP contribution in [0.1, 0.15) is 6.92 Å². The number of anilines is 3. The van der Waals surface area contributed by atoms with E-state index in [2.05, 4.69) is 25.7 Å². The number of hydrazine groups is 1. The Morgan fingerprint density at radius 2 is 1.80 bits per heavy atom. The summed E-state index contributed by atoms with van der Waals surface area (Å²) in [5.74, 6) is 3.56. The fourth-order valence-corrected chi connectivity index (χ4v) is 1.40. The molecule has 0 saturated heterocycles. The van der Waals surface area contributed by atoms with Gasteiger partial charge in [0, 0.05) is 0 Å². The first-order chi connectivity index (χ1) is 9.63. The number of hydrogen-bond acceptors (Lipinski definition) is 7. The lowest BCUT2D eigenvalue weighted by Crippen LogP contribution is -2.14. The SMILES string of the molecule is CCOc1nc(NN)nc(Nc2c(F)cccc2F)n1. The monoisotopic (exact) mass is 282 g/mol. The lowest BCUT2D eigenvalue weighted by atomic mass is 10.3. The number of ether oxygens (including phenoxy) is 1. The smallest absolute Gasteiger partial charge is 0.323 e. The summed E-state index contributed by atoms with van der Waals surface area (Å²) in [6.45, 7) is 2.06. The molecule has 0 radical (unpaired) electrons. The van der Waals surface area contributed by atoms with Gasteiger partial charge in [-0.05, 0) is 19.1 Å². The predicted octanol–water partition coefficient (Wildman–Crippen LogP) is 1.58. The van der Waals surface area contributed by atoms with Gasteiger partial charge in [-0.3, -0.25) is 5.43 Å². The maximum Gasteiger partial charge on any atom is 0.323 e. The van der Waals surface area contributed by atoms with Crippen LogP contribution in [-0.2, 0) is 0 Å². The van der Waals surface area contributed by atoms with Gasteiger partial charge in [-0.2, -0.15) is 15.0 Å². The first-order valence-corrected chi connectivity index (χ1v) is 5.70. The fraction of sp³-hybridized carbons (Fsp3) is 0.182. The minimum absolute atomic E-state index is 0.00250. The van der Waals surface area contributed by atoms with Gasteiger partial charge in [0.15, 0.2) is 0 Å². The Balaban J connectivity index is 2.35. The van der Waals surface area contributed by atoms with Crippen LogP contribution >= 0.6 is 0 Å². The molecule has 0 atom stereocenters. The van der Waals surface area contributed by atoms with Gasteiger partial charge in [0.05, 0.1) is 6.61 Å². The van der Waals surface area contributed by atoms with Crippen molar-refractivity contribution in [1.82, 2.24) is 15.0 Å². The summed E-state index contributed by atoms with van der Waals surface area (Å²) in [6, 6.07) is 3.45. The van der Waals surface area contributed by atoms with Gasteiger partial charge in [0.1, 0.15) is 17.3 Å². The third-order valence-corrected chi connectivity index (χ3v) is 2.22. The molecule has 1 heterocycles. The molecule has 1 aromatic carbocycles. The molecule has 20 heavy (non-hydrogen) atoms. The summed E-state index contributed by atoms with van der Waals surface area (Å²) in [5, 5.41) is 2.43. The van der Waals surface area contributed by atoms with Crippen LogP contribution in [0.15, 0.2) is 18.2 Å². The van der Waals surface area contributed by atoms with Gasteiger partial charge in [0.2, 0.25) is 11.9 Å². The van der Waals surface area contributed by atoms with E-state index in [1.807, 2.05) is 0 Å². The number of benzene rings is 1. The van der Waals surface area contributed by atoms with E-state index in [1.165, 1.54) is 6.07 Å². The van der Waals surface area contributed by atoms with Crippen molar-refractivity contribution in [3.8, 4) is 6.01 Å². The summed E-state index contributed by atoms with van der Waals surface area (Å²) in [4.78, 5) is 11.5. The highest BCUT2D eigenvalue weighted by molar-refractivity contribution is 5.55. The molecule has 7 nitrogen and oxygen atoms in total. The number of aromatic nitrogens is 3. The average Bonchev–Trinajstić information content (AvgIpc) is 2.43. The van der Waals surface area contributed by atoms with Crippen molar-refractivity contribution in [3.05, 3.63) is 29.8 Å². The summed E-state index contributed by atoms with van der Waals surface area (Å²) in [7, 11) is 0. The number of halogens is 2. The summed E-state index contributed by atoms with van der Waals surface area (Å²) < 4.78 is 32.1. The number of hydrogen-bond donors (Lipinski definition) is 3. The van der Waals surface area contributed by atoms with Crippen molar-refractivity contribution in [2.75, 3.05) is 17.3 Å². The topological polar surface area (TPSA) is 98.0 Å². The standard InChI is InChI=1S/C11H12F2N6O/c1-2-20-11-17-9(16-10(18-11)19-14)15-8-6(12)4-3-5-7(8)13/h3-5H,2,14H2,1H3,(H2,15,16,17,18,19). The highest BCUT2D eigenvalue weighted by atomic mass is 19.1. The second kappa shape index (κ2) is 6.06.